The maximum atomic E-state index is 12.9. The first kappa shape index (κ1) is 19.7. The van der Waals surface area contributed by atoms with Gasteiger partial charge in [-0.25, -0.2) is 8.42 Å². The van der Waals surface area contributed by atoms with Gasteiger partial charge in [0.1, 0.15) is 18.9 Å². The molecule has 2 aromatic rings. The Morgan fingerprint density at radius 3 is 2.19 bits per heavy atom. The van der Waals surface area contributed by atoms with Gasteiger partial charge in [0.2, 0.25) is 0 Å². The standard InChI is InChI=1S/C18H21NO6S/c1-14-3-5-15(6-4-14)19(13-18(20)21)26(22,23)17-9-7-16(8-10-17)25-12-11-24-2/h3-10H,11-13H2,1-2H3,(H,20,21). The van der Waals surface area contributed by atoms with Crippen LogP contribution in [0.25, 0.3) is 0 Å². The predicted octanol–water partition coefficient (Wildman–Crippen LogP) is 2.30. The van der Waals surface area contributed by atoms with Gasteiger partial charge >= 0.3 is 5.97 Å². The Bertz CT molecular complexity index is 831. The van der Waals surface area contributed by atoms with Crippen molar-refractivity contribution >= 4 is 21.7 Å². The highest BCUT2D eigenvalue weighted by molar-refractivity contribution is 7.92. The highest BCUT2D eigenvalue weighted by atomic mass is 32.2. The molecule has 7 nitrogen and oxygen atoms in total. The van der Waals surface area contributed by atoms with Gasteiger partial charge < -0.3 is 14.6 Å². The van der Waals surface area contributed by atoms with Gasteiger partial charge in [0.15, 0.2) is 0 Å². The van der Waals surface area contributed by atoms with Crippen molar-refractivity contribution in [2.45, 2.75) is 11.8 Å². The molecular formula is C18H21NO6S. The zero-order valence-electron chi connectivity index (χ0n) is 14.6. The number of methoxy groups -OCH3 is 1. The smallest absolute Gasteiger partial charge is 0.324 e. The Labute approximate surface area is 152 Å². The molecule has 140 valence electrons. The molecule has 0 aromatic heterocycles. The first-order valence-corrected chi connectivity index (χ1v) is 9.31. The fourth-order valence-electron chi connectivity index (χ4n) is 2.23. The van der Waals surface area contributed by atoms with Gasteiger partial charge in [-0.2, -0.15) is 0 Å². The zero-order chi connectivity index (χ0) is 19.2. The van der Waals surface area contributed by atoms with Crippen molar-refractivity contribution < 1.29 is 27.8 Å². The lowest BCUT2D eigenvalue weighted by molar-refractivity contribution is -0.135. The van der Waals surface area contributed by atoms with E-state index in [2.05, 4.69) is 0 Å². The number of anilines is 1. The second kappa shape index (κ2) is 8.68. The van der Waals surface area contributed by atoms with Crippen molar-refractivity contribution in [2.24, 2.45) is 0 Å². The number of carbonyl (C=O) groups is 1. The molecule has 0 aliphatic carbocycles. The van der Waals surface area contributed by atoms with E-state index in [4.69, 9.17) is 14.6 Å². The third kappa shape index (κ3) is 4.96. The minimum absolute atomic E-state index is 0.0154. The van der Waals surface area contributed by atoms with E-state index in [1.807, 2.05) is 6.92 Å². The summed E-state index contributed by atoms with van der Waals surface area (Å²) in [6.07, 6.45) is 0. The third-order valence-corrected chi connectivity index (χ3v) is 5.36. The molecule has 2 aromatic carbocycles. The van der Waals surface area contributed by atoms with E-state index in [-0.39, 0.29) is 4.90 Å². The molecule has 0 amide bonds. The fourth-order valence-corrected chi connectivity index (χ4v) is 3.64. The van der Waals surface area contributed by atoms with Crippen molar-refractivity contribution in [1.82, 2.24) is 0 Å². The first-order valence-electron chi connectivity index (χ1n) is 7.87. The van der Waals surface area contributed by atoms with E-state index in [1.165, 1.54) is 24.3 Å². The Hall–Kier alpha value is -2.58. The highest BCUT2D eigenvalue weighted by Gasteiger charge is 2.27. The van der Waals surface area contributed by atoms with Gasteiger partial charge in [0, 0.05) is 7.11 Å². The number of hydrogen-bond acceptors (Lipinski definition) is 5. The summed E-state index contributed by atoms with van der Waals surface area (Å²) in [5.41, 5.74) is 1.23. The summed E-state index contributed by atoms with van der Waals surface area (Å²) < 4.78 is 37.0. The number of ether oxygens (including phenoxy) is 2. The molecule has 0 saturated carbocycles. The number of hydrogen-bond donors (Lipinski definition) is 1. The topological polar surface area (TPSA) is 93.1 Å². The van der Waals surface area contributed by atoms with Gasteiger partial charge in [0.25, 0.3) is 10.0 Å². The van der Waals surface area contributed by atoms with Gasteiger partial charge in [-0.15, -0.1) is 0 Å². The van der Waals surface area contributed by atoms with Crippen molar-refractivity contribution in [2.75, 3.05) is 31.2 Å². The van der Waals surface area contributed by atoms with Crippen LogP contribution in [-0.2, 0) is 19.6 Å². The number of carboxylic acid groups (broad SMARTS) is 1. The van der Waals surface area contributed by atoms with Gasteiger partial charge in [-0.3, -0.25) is 9.10 Å². The minimum Gasteiger partial charge on any atom is -0.491 e. The maximum absolute atomic E-state index is 12.9. The van der Waals surface area contributed by atoms with Crippen LogP contribution in [0, 0.1) is 6.92 Å². The van der Waals surface area contributed by atoms with E-state index in [9.17, 15) is 13.2 Å². The lowest BCUT2D eigenvalue weighted by Crippen LogP contribution is -2.35. The monoisotopic (exact) mass is 379 g/mol. The normalized spacial score (nSPS) is 11.2. The fraction of sp³-hybridized carbons (Fsp3) is 0.278. The minimum atomic E-state index is -4.03. The Balaban J connectivity index is 2.30. The molecular weight excluding hydrogens is 358 g/mol. The second-order valence-corrected chi connectivity index (χ2v) is 7.42. The number of aryl methyl sites for hydroxylation is 1. The molecule has 2 rings (SSSR count). The van der Waals surface area contributed by atoms with Crippen LogP contribution < -0.4 is 9.04 Å². The maximum Gasteiger partial charge on any atom is 0.324 e. The summed E-state index contributed by atoms with van der Waals surface area (Å²) in [5.74, 6) is -0.741. The third-order valence-electron chi connectivity index (χ3n) is 3.57. The molecule has 0 spiro atoms. The van der Waals surface area contributed by atoms with E-state index in [1.54, 1.807) is 31.4 Å². The molecule has 0 heterocycles. The molecule has 0 radical (unpaired) electrons. The lowest BCUT2D eigenvalue weighted by Gasteiger charge is -2.23. The summed E-state index contributed by atoms with van der Waals surface area (Å²) in [5, 5.41) is 9.14. The summed E-state index contributed by atoms with van der Waals surface area (Å²) >= 11 is 0. The average Bonchev–Trinajstić information content (AvgIpc) is 2.61. The molecule has 1 N–H and O–H groups in total. The van der Waals surface area contributed by atoms with Crippen LogP contribution in [0.1, 0.15) is 5.56 Å². The van der Waals surface area contributed by atoms with E-state index >= 15 is 0 Å². The summed E-state index contributed by atoms with van der Waals surface area (Å²) in [4.78, 5) is 11.2. The van der Waals surface area contributed by atoms with E-state index < -0.39 is 22.5 Å². The van der Waals surface area contributed by atoms with Crippen LogP contribution >= 0.6 is 0 Å². The van der Waals surface area contributed by atoms with E-state index in [0.717, 1.165) is 9.87 Å². The van der Waals surface area contributed by atoms with Crippen LogP contribution in [0.3, 0.4) is 0 Å². The second-order valence-electron chi connectivity index (χ2n) is 5.55. The van der Waals surface area contributed by atoms with Gasteiger partial charge in [-0.05, 0) is 43.3 Å². The van der Waals surface area contributed by atoms with Crippen molar-refractivity contribution in [3.05, 3.63) is 54.1 Å². The summed E-state index contributed by atoms with van der Waals surface area (Å²) in [7, 11) is -2.48. The molecule has 0 unspecified atom stereocenters. The van der Waals surface area contributed by atoms with Gasteiger partial charge in [0.05, 0.1) is 17.2 Å². The van der Waals surface area contributed by atoms with Crippen LogP contribution in [0.4, 0.5) is 5.69 Å². The zero-order valence-corrected chi connectivity index (χ0v) is 15.4. The Kier molecular flexibility index (Phi) is 6.59. The molecule has 0 bridgehead atoms. The number of sulfonamides is 1. The Morgan fingerprint density at radius 1 is 1.04 bits per heavy atom. The molecule has 0 fully saturated rings. The van der Waals surface area contributed by atoms with Crippen molar-refractivity contribution in [3.63, 3.8) is 0 Å². The largest absolute Gasteiger partial charge is 0.491 e. The lowest BCUT2D eigenvalue weighted by atomic mass is 10.2. The Morgan fingerprint density at radius 2 is 1.65 bits per heavy atom. The summed E-state index contributed by atoms with van der Waals surface area (Å²) in [6.45, 7) is 1.95. The van der Waals surface area contributed by atoms with Crippen LogP contribution in [0.5, 0.6) is 5.75 Å². The molecule has 26 heavy (non-hydrogen) atoms. The SMILES string of the molecule is COCCOc1ccc(S(=O)(=O)N(CC(=O)O)c2ccc(C)cc2)cc1. The average molecular weight is 379 g/mol. The molecule has 0 saturated heterocycles. The van der Waals surface area contributed by atoms with Crippen LogP contribution in [-0.4, -0.2) is 46.4 Å². The van der Waals surface area contributed by atoms with Crippen molar-refractivity contribution in [1.29, 1.82) is 0 Å². The molecule has 0 aliphatic heterocycles. The molecule has 0 aliphatic rings. The van der Waals surface area contributed by atoms with Gasteiger partial charge in [-0.1, -0.05) is 17.7 Å². The number of carboxylic acids is 1. The summed E-state index contributed by atoms with van der Waals surface area (Å²) in [6, 6.07) is 12.4. The van der Waals surface area contributed by atoms with Crippen LogP contribution in [0.2, 0.25) is 0 Å². The van der Waals surface area contributed by atoms with Crippen molar-refractivity contribution in [3.8, 4) is 5.75 Å². The molecule has 8 heteroatoms. The van der Waals surface area contributed by atoms with Crippen LogP contribution in [0.15, 0.2) is 53.4 Å². The number of aliphatic carboxylic acids is 1. The predicted molar refractivity (Wildman–Crippen MR) is 97.2 cm³/mol. The number of benzene rings is 2. The number of rotatable bonds is 9. The first-order chi connectivity index (χ1) is 12.3. The quantitative estimate of drug-likeness (QED) is 0.672. The molecule has 0 atom stereocenters. The van der Waals surface area contributed by atoms with E-state index in [0.29, 0.717) is 24.7 Å². The highest BCUT2D eigenvalue weighted by Crippen LogP contribution is 2.25. The number of nitrogens with zero attached hydrogens (tertiary/aromatic N) is 1.